The van der Waals surface area contributed by atoms with Gasteiger partial charge in [-0.2, -0.15) is 18.2 Å². The van der Waals surface area contributed by atoms with Crippen molar-refractivity contribution < 1.29 is 40.6 Å². The molecule has 1 unspecified atom stereocenters. The van der Waals surface area contributed by atoms with Crippen LogP contribution < -0.4 is 20.7 Å². The second-order valence-electron chi connectivity index (χ2n) is 12.5. The molecule has 3 aromatic rings. The average Bonchev–Trinajstić information content (AvgIpc) is 2.99. The van der Waals surface area contributed by atoms with Crippen LogP contribution in [-0.2, 0) is 24.1 Å². The molecule has 4 aliphatic rings. The van der Waals surface area contributed by atoms with Crippen molar-refractivity contribution in [2.24, 2.45) is 23.2 Å². The summed E-state index contributed by atoms with van der Waals surface area (Å²) in [7, 11) is 0. The molecule has 4 saturated carbocycles. The Morgan fingerprint density at radius 3 is 2.30 bits per heavy atom. The normalized spacial score (nSPS) is 25.2. The summed E-state index contributed by atoms with van der Waals surface area (Å²) in [6.07, 6.45) is -5.22. The number of rotatable bonds is 10. The zero-order chi connectivity index (χ0) is 32.5. The number of alkyl carbamates (subject to hydrolysis) is 1. The maximum absolute atomic E-state index is 14.0. The van der Waals surface area contributed by atoms with Gasteiger partial charge in [0.05, 0.1) is 0 Å². The number of ether oxygens (including phenoxy) is 2. The zero-order valence-electron chi connectivity index (χ0n) is 24.6. The number of alkyl halides is 6. The van der Waals surface area contributed by atoms with E-state index >= 15 is 0 Å². The first-order valence-corrected chi connectivity index (χ1v) is 15.1. The van der Waals surface area contributed by atoms with Gasteiger partial charge >= 0.3 is 18.6 Å². The molecule has 0 radical (unpaired) electrons. The van der Waals surface area contributed by atoms with E-state index in [1.807, 2.05) is 30.3 Å². The van der Waals surface area contributed by atoms with Crippen LogP contribution in [0.2, 0.25) is 0 Å². The minimum absolute atomic E-state index is 0.0576. The van der Waals surface area contributed by atoms with Crippen molar-refractivity contribution in [3.8, 4) is 5.75 Å². The topological polar surface area (TPSA) is 97.4 Å². The van der Waals surface area contributed by atoms with Crippen molar-refractivity contribution >= 4 is 17.9 Å². The first-order valence-electron chi connectivity index (χ1n) is 15.1. The van der Waals surface area contributed by atoms with E-state index < -0.39 is 35.8 Å². The van der Waals surface area contributed by atoms with E-state index in [9.17, 15) is 31.1 Å². The van der Waals surface area contributed by atoms with Crippen molar-refractivity contribution in [1.82, 2.24) is 15.3 Å². The number of amides is 1. The SMILES string of the molecule is O=C(N[C@H]1[C@@H]2CC3C[C@H]1C[C@@](CNc1nc(NCc4ccccc4OC(F)(F)F)ncc1C(F)(F)F)(C3)C2)OCc1ccccc1. The summed E-state index contributed by atoms with van der Waals surface area (Å²) in [4.78, 5) is 20.5. The summed E-state index contributed by atoms with van der Waals surface area (Å²) >= 11 is 0. The third-order valence-corrected chi connectivity index (χ3v) is 9.26. The third-order valence-electron chi connectivity index (χ3n) is 9.26. The predicted molar refractivity (Wildman–Crippen MR) is 156 cm³/mol. The predicted octanol–water partition coefficient (Wildman–Crippen LogP) is 7.54. The highest BCUT2D eigenvalue weighted by Crippen LogP contribution is 2.60. The summed E-state index contributed by atoms with van der Waals surface area (Å²) in [6, 6.07) is 14.8. The Morgan fingerprint density at radius 2 is 1.61 bits per heavy atom. The monoisotopic (exact) mass is 649 g/mol. The quantitative estimate of drug-likeness (QED) is 0.195. The molecule has 7 rings (SSSR count). The van der Waals surface area contributed by atoms with E-state index in [0.29, 0.717) is 12.1 Å². The number of nitrogens with zero attached hydrogens (tertiary/aromatic N) is 2. The molecule has 4 bridgehead atoms. The number of benzene rings is 2. The summed E-state index contributed by atoms with van der Waals surface area (Å²) in [5.41, 5.74) is -0.296. The molecule has 1 aromatic heterocycles. The number of nitrogens with one attached hydrogen (secondary N) is 3. The van der Waals surface area contributed by atoms with Crippen LogP contribution >= 0.6 is 0 Å². The number of halogens is 6. The fourth-order valence-electron chi connectivity index (χ4n) is 7.67. The highest BCUT2D eigenvalue weighted by atomic mass is 19.4. The third kappa shape index (κ3) is 7.42. The van der Waals surface area contributed by atoms with E-state index in [2.05, 4.69) is 30.7 Å². The zero-order valence-corrected chi connectivity index (χ0v) is 24.6. The Balaban J connectivity index is 1.11. The summed E-state index contributed by atoms with van der Waals surface area (Å²) < 4.78 is 89.8. The van der Waals surface area contributed by atoms with Gasteiger partial charge in [0.1, 0.15) is 23.7 Å². The minimum atomic E-state index is -4.91. The Labute approximate surface area is 261 Å². The van der Waals surface area contributed by atoms with Gasteiger partial charge in [-0.05, 0) is 66.9 Å². The van der Waals surface area contributed by atoms with Gasteiger partial charge in [-0.25, -0.2) is 9.78 Å². The van der Waals surface area contributed by atoms with Gasteiger partial charge in [-0.1, -0.05) is 48.5 Å². The second-order valence-corrected chi connectivity index (χ2v) is 12.5. The largest absolute Gasteiger partial charge is 0.573 e. The molecule has 46 heavy (non-hydrogen) atoms. The van der Waals surface area contributed by atoms with Crippen LogP contribution in [-0.4, -0.2) is 35.0 Å². The van der Waals surface area contributed by atoms with Gasteiger partial charge in [0.15, 0.2) is 0 Å². The first kappa shape index (κ1) is 31.7. The van der Waals surface area contributed by atoms with Crippen molar-refractivity contribution in [3.63, 3.8) is 0 Å². The van der Waals surface area contributed by atoms with Crippen LogP contribution in [0.15, 0.2) is 60.8 Å². The van der Waals surface area contributed by atoms with Gasteiger partial charge in [-0.15, -0.1) is 13.2 Å². The number of hydrogen-bond donors (Lipinski definition) is 3. The van der Waals surface area contributed by atoms with Crippen LogP contribution in [0.5, 0.6) is 5.75 Å². The van der Waals surface area contributed by atoms with E-state index in [-0.39, 0.29) is 54.5 Å². The lowest BCUT2D eigenvalue weighted by atomic mass is 9.48. The highest BCUT2D eigenvalue weighted by molar-refractivity contribution is 5.67. The summed E-state index contributed by atoms with van der Waals surface area (Å²) in [5, 5.41) is 8.74. The Kier molecular flexibility index (Phi) is 8.64. The molecule has 3 N–H and O–H groups in total. The maximum Gasteiger partial charge on any atom is 0.573 e. The fourth-order valence-corrected chi connectivity index (χ4v) is 7.67. The standard InChI is InChI=1S/C32H33F6N5O3/c33-31(34,35)24-16-40-28(39-15-21-8-4-5-9-25(21)46-32(36,37)38)43-27(24)41-18-30-12-20-10-22(13-30)26(23(11-20)14-30)42-29(44)45-17-19-6-2-1-3-7-19/h1-9,16,20,22-23,26H,10-15,17-18H2,(H,42,44)(H2,39,40,41,43)/t20?,22-,23+,26+,30-. The van der Waals surface area contributed by atoms with E-state index in [0.717, 1.165) is 43.7 Å². The second kappa shape index (κ2) is 12.5. The van der Waals surface area contributed by atoms with E-state index in [1.165, 1.54) is 18.2 Å². The molecular weight excluding hydrogens is 616 g/mol. The van der Waals surface area contributed by atoms with Crippen molar-refractivity contribution in [2.45, 2.75) is 63.8 Å². The molecule has 1 amide bonds. The average molecular weight is 650 g/mol. The Hall–Kier alpha value is -4.23. The molecule has 1 heterocycles. The smallest absolute Gasteiger partial charge is 0.445 e. The summed E-state index contributed by atoms with van der Waals surface area (Å²) in [6.45, 7) is 0.202. The first-order chi connectivity index (χ1) is 21.9. The van der Waals surface area contributed by atoms with Crippen LogP contribution in [0.3, 0.4) is 0 Å². The number of para-hydroxylation sites is 1. The minimum Gasteiger partial charge on any atom is -0.445 e. The fraction of sp³-hybridized carbons (Fsp3) is 0.469. The lowest BCUT2D eigenvalue weighted by molar-refractivity contribution is -0.274. The number of aromatic nitrogens is 2. The molecule has 5 atom stereocenters. The molecule has 4 aliphatic carbocycles. The number of carbonyl (C=O) groups is 1. The molecule has 14 heteroatoms. The van der Waals surface area contributed by atoms with Gasteiger partial charge in [0, 0.05) is 30.9 Å². The lowest BCUT2D eigenvalue weighted by Crippen LogP contribution is -2.60. The van der Waals surface area contributed by atoms with Gasteiger partial charge in [0.25, 0.3) is 0 Å². The summed E-state index contributed by atoms with van der Waals surface area (Å²) in [5.74, 6) is -0.240. The Morgan fingerprint density at radius 1 is 0.913 bits per heavy atom. The lowest BCUT2D eigenvalue weighted by Gasteiger charge is -2.60. The van der Waals surface area contributed by atoms with Gasteiger partial charge in [0.2, 0.25) is 5.95 Å². The van der Waals surface area contributed by atoms with E-state index in [4.69, 9.17) is 4.74 Å². The molecule has 8 nitrogen and oxygen atoms in total. The molecule has 0 aliphatic heterocycles. The van der Waals surface area contributed by atoms with Crippen LogP contribution in [0.4, 0.5) is 42.9 Å². The van der Waals surface area contributed by atoms with Gasteiger partial charge < -0.3 is 25.4 Å². The van der Waals surface area contributed by atoms with Gasteiger partial charge in [-0.3, -0.25) is 0 Å². The molecule has 246 valence electrons. The molecular formula is C32H33F6N5O3. The molecule has 0 spiro atoms. The van der Waals surface area contributed by atoms with E-state index in [1.54, 1.807) is 0 Å². The van der Waals surface area contributed by atoms with Crippen LogP contribution in [0.25, 0.3) is 0 Å². The Bertz CT molecular complexity index is 1520. The molecule has 2 aromatic carbocycles. The molecule has 4 fully saturated rings. The number of carbonyl (C=O) groups excluding carboxylic acids is 1. The number of hydrogen-bond acceptors (Lipinski definition) is 7. The van der Waals surface area contributed by atoms with Crippen LogP contribution in [0, 0.1) is 23.2 Å². The van der Waals surface area contributed by atoms with Crippen molar-refractivity contribution in [2.75, 3.05) is 17.2 Å². The van der Waals surface area contributed by atoms with Crippen molar-refractivity contribution in [1.29, 1.82) is 0 Å². The maximum atomic E-state index is 14.0. The van der Waals surface area contributed by atoms with Crippen molar-refractivity contribution in [3.05, 3.63) is 77.5 Å². The molecule has 0 saturated heterocycles. The van der Waals surface area contributed by atoms with Crippen LogP contribution in [0.1, 0.15) is 48.8 Å². The number of anilines is 2. The highest BCUT2D eigenvalue weighted by Gasteiger charge is 2.55.